The summed E-state index contributed by atoms with van der Waals surface area (Å²) >= 11 is 0. The molecule has 2 heterocycles. The van der Waals surface area contributed by atoms with E-state index in [1.165, 1.54) is 6.07 Å². The smallest absolute Gasteiger partial charge is 0.250 e. The Morgan fingerprint density at radius 2 is 2.04 bits per heavy atom. The fourth-order valence-electron chi connectivity index (χ4n) is 3.35. The van der Waals surface area contributed by atoms with Crippen molar-refractivity contribution in [3.05, 3.63) is 34.2 Å². The lowest BCUT2D eigenvalue weighted by molar-refractivity contribution is -0.125. The molecule has 0 bridgehead atoms. The SMILES string of the molecule is CCNC(=O)[C@@H]1C[C@H](NC(=O)CCn2c(C)cccc2=O)CN1CC. The Morgan fingerprint density at radius 1 is 1.28 bits per heavy atom. The zero-order valence-electron chi connectivity index (χ0n) is 15.2. The van der Waals surface area contributed by atoms with Gasteiger partial charge in [0, 0.05) is 43.9 Å². The second-order valence-electron chi connectivity index (χ2n) is 6.41. The molecule has 2 atom stereocenters. The van der Waals surface area contributed by atoms with E-state index in [9.17, 15) is 14.4 Å². The van der Waals surface area contributed by atoms with E-state index >= 15 is 0 Å². The lowest BCUT2D eigenvalue weighted by atomic mass is 10.1. The Kier molecular flexibility index (Phi) is 6.75. The van der Waals surface area contributed by atoms with Crippen LogP contribution in [0.2, 0.25) is 0 Å². The van der Waals surface area contributed by atoms with Gasteiger partial charge >= 0.3 is 0 Å². The molecule has 0 spiro atoms. The molecule has 7 heteroatoms. The third-order valence-corrected chi connectivity index (χ3v) is 4.66. The predicted molar refractivity (Wildman–Crippen MR) is 96.3 cm³/mol. The van der Waals surface area contributed by atoms with E-state index in [-0.39, 0.29) is 35.9 Å². The van der Waals surface area contributed by atoms with Gasteiger partial charge in [0.05, 0.1) is 6.04 Å². The summed E-state index contributed by atoms with van der Waals surface area (Å²) in [6, 6.07) is 4.85. The molecule has 7 nitrogen and oxygen atoms in total. The summed E-state index contributed by atoms with van der Waals surface area (Å²) in [5, 5.41) is 5.86. The van der Waals surface area contributed by atoms with Crippen molar-refractivity contribution in [1.29, 1.82) is 0 Å². The van der Waals surface area contributed by atoms with Crippen molar-refractivity contribution < 1.29 is 9.59 Å². The second kappa shape index (κ2) is 8.80. The molecule has 2 amide bonds. The van der Waals surface area contributed by atoms with Crippen LogP contribution in [0.1, 0.15) is 32.4 Å². The van der Waals surface area contributed by atoms with Crippen molar-refractivity contribution in [1.82, 2.24) is 20.1 Å². The first-order valence-corrected chi connectivity index (χ1v) is 8.93. The van der Waals surface area contributed by atoms with Gasteiger partial charge in [0.15, 0.2) is 0 Å². The molecule has 0 aliphatic carbocycles. The molecule has 1 aliphatic rings. The van der Waals surface area contributed by atoms with Crippen LogP contribution in [0.5, 0.6) is 0 Å². The molecule has 0 unspecified atom stereocenters. The fraction of sp³-hybridized carbons (Fsp3) is 0.611. The van der Waals surface area contributed by atoms with E-state index in [1.54, 1.807) is 10.6 Å². The maximum Gasteiger partial charge on any atom is 0.250 e. The number of aromatic nitrogens is 1. The van der Waals surface area contributed by atoms with Crippen LogP contribution in [-0.2, 0) is 16.1 Å². The summed E-state index contributed by atoms with van der Waals surface area (Å²) in [7, 11) is 0. The topological polar surface area (TPSA) is 83.4 Å². The number of carbonyl (C=O) groups is 2. The number of carbonyl (C=O) groups excluding carboxylic acids is 2. The van der Waals surface area contributed by atoms with Crippen molar-refractivity contribution in [2.75, 3.05) is 19.6 Å². The van der Waals surface area contributed by atoms with E-state index in [1.807, 2.05) is 26.8 Å². The molecule has 1 aromatic rings. The molecule has 0 aromatic carbocycles. The normalized spacial score (nSPS) is 20.4. The van der Waals surface area contributed by atoms with Gasteiger partial charge in [-0.1, -0.05) is 13.0 Å². The molecule has 2 rings (SSSR count). The Balaban J connectivity index is 1.88. The molecular formula is C18H28N4O3. The maximum absolute atomic E-state index is 12.2. The molecule has 1 aromatic heterocycles. The highest BCUT2D eigenvalue weighted by Gasteiger charge is 2.36. The van der Waals surface area contributed by atoms with Crippen molar-refractivity contribution in [3.8, 4) is 0 Å². The molecule has 25 heavy (non-hydrogen) atoms. The number of nitrogens with one attached hydrogen (secondary N) is 2. The minimum atomic E-state index is -0.186. The number of nitrogens with zero attached hydrogens (tertiary/aromatic N) is 2. The van der Waals surface area contributed by atoms with Crippen LogP contribution < -0.4 is 16.2 Å². The number of aryl methyl sites for hydroxylation is 1. The monoisotopic (exact) mass is 348 g/mol. The molecule has 1 saturated heterocycles. The molecule has 2 N–H and O–H groups in total. The van der Waals surface area contributed by atoms with Gasteiger partial charge in [-0.25, -0.2) is 0 Å². The van der Waals surface area contributed by atoms with Gasteiger partial charge in [0.25, 0.3) is 5.56 Å². The number of rotatable bonds is 7. The quantitative estimate of drug-likeness (QED) is 0.740. The summed E-state index contributed by atoms with van der Waals surface area (Å²) in [6.07, 6.45) is 0.870. The highest BCUT2D eigenvalue weighted by atomic mass is 16.2. The zero-order chi connectivity index (χ0) is 18.4. The number of hydrogen-bond acceptors (Lipinski definition) is 4. The van der Waals surface area contributed by atoms with Gasteiger partial charge in [0.1, 0.15) is 0 Å². The molecule has 1 fully saturated rings. The third kappa shape index (κ3) is 4.92. The van der Waals surface area contributed by atoms with Gasteiger partial charge in [0.2, 0.25) is 11.8 Å². The largest absolute Gasteiger partial charge is 0.355 e. The summed E-state index contributed by atoms with van der Waals surface area (Å²) < 4.78 is 1.60. The van der Waals surface area contributed by atoms with Crippen LogP contribution >= 0.6 is 0 Å². The van der Waals surface area contributed by atoms with Crippen LogP contribution in [-0.4, -0.2) is 53.0 Å². The van der Waals surface area contributed by atoms with Crippen LogP contribution in [0, 0.1) is 6.92 Å². The predicted octanol–water partition coefficient (Wildman–Crippen LogP) is 0.262. The molecule has 1 aliphatic heterocycles. The summed E-state index contributed by atoms with van der Waals surface area (Å²) in [6.45, 7) is 8.18. The first-order chi connectivity index (χ1) is 12.0. The van der Waals surface area contributed by atoms with Gasteiger partial charge < -0.3 is 15.2 Å². The zero-order valence-corrected chi connectivity index (χ0v) is 15.2. The average Bonchev–Trinajstić information content (AvgIpc) is 2.97. The number of likely N-dealkylation sites (tertiary alicyclic amines) is 1. The van der Waals surface area contributed by atoms with E-state index in [0.29, 0.717) is 26.1 Å². The Labute approximate surface area is 148 Å². The highest BCUT2D eigenvalue weighted by Crippen LogP contribution is 2.18. The lowest BCUT2D eigenvalue weighted by Crippen LogP contribution is -2.42. The van der Waals surface area contributed by atoms with E-state index in [0.717, 1.165) is 12.2 Å². The standard InChI is InChI=1S/C18H28N4O3/c1-4-19-18(25)15-11-14(12-21(15)5-2)20-16(23)9-10-22-13(3)7-6-8-17(22)24/h6-8,14-15H,4-5,9-12H2,1-3H3,(H,19,25)(H,20,23)/t14-,15-/m0/s1. The number of pyridine rings is 1. The van der Waals surface area contributed by atoms with E-state index in [4.69, 9.17) is 0 Å². The summed E-state index contributed by atoms with van der Waals surface area (Å²) in [5.74, 6) is -0.0692. The summed E-state index contributed by atoms with van der Waals surface area (Å²) in [4.78, 5) is 38.3. The number of likely N-dealkylation sites (N-methyl/N-ethyl adjacent to an activating group) is 2. The average molecular weight is 348 g/mol. The van der Waals surface area contributed by atoms with Crippen molar-refractivity contribution in [3.63, 3.8) is 0 Å². The van der Waals surface area contributed by atoms with Crippen LogP contribution in [0.15, 0.2) is 23.0 Å². The third-order valence-electron chi connectivity index (χ3n) is 4.66. The fourth-order valence-corrected chi connectivity index (χ4v) is 3.35. The Bertz CT molecular complexity index is 671. The number of amides is 2. The van der Waals surface area contributed by atoms with Gasteiger partial charge in [-0.15, -0.1) is 0 Å². The first kappa shape index (κ1) is 19.2. The molecule has 0 radical (unpaired) electrons. The number of hydrogen-bond donors (Lipinski definition) is 2. The van der Waals surface area contributed by atoms with Gasteiger partial charge in [-0.3, -0.25) is 19.3 Å². The van der Waals surface area contributed by atoms with Crippen molar-refractivity contribution >= 4 is 11.8 Å². The Hall–Kier alpha value is -2.15. The van der Waals surface area contributed by atoms with Crippen molar-refractivity contribution in [2.24, 2.45) is 0 Å². The molecule has 138 valence electrons. The van der Waals surface area contributed by atoms with E-state index in [2.05, 4.69) is 15.5 Å². The molecule has 0 saturated carbocycles. The maximum atomic E-state index is 12.2. The highest BCUT2D eigenvalue weighted by molar-refractivity contribution is 5.82. The first-order valence-electron chi connectivity index (χ1n) is 8.93. The Morgan fingerprint density at radius 3 is 2.68 bits per heavy atom. The van der Waals surface area contributed by atoms with Crippen molar-refractivity contribution in [2.45, 2.75) is 52.2 Å². The van der Waals surface area contributed by atoms with Crippen LogP contribution in [0.3, 0.4) is 0 Å². The lowest BCUT2D eigenvalue weighted by Gasteiger charge is -2.21. The minimum Gasteiger partial charge on any atom is -0.355 e. The van der Waals surface area contributed by atoms with Crippen LogP contribution in [0.25, 0.3) is 0 Å². The minimum absolute atomic E-state index is 0.0209. The second-order valence-corrected chi connectivity index (χ2v) is 6.41. The van der Waals surface area contributed by atoms with Gasteiger partial charge in [-0.2, -0.15) is 0 Å². The van der Waals surface area contributed by atoms with E-state index < -0.39 is 0 Å². The summed E-state index contributed by atoms with van der Waals surface area (Å²) in [5.41, 5.74) is 0.747. The molecular weight excluding hydrogens is 320 g/mol. The van der Waals surface area contributed by atoms with Crippen LogP contribution in [0.4, 0.5) is 0 Å². The van der Waals surface area contributed by atoms with Gasteiger partial charge in [-0.05, 0) is 32.9 Å².